The van der Waals surface area contributed by atoms with Crippen molar-refractivity contribution in [2.75, 3.05) is 6.54 Å². The summed E-state index contributed by atoms with van der Waals surface area (Å²) in [6.45, 7) is 1.95. The zero-order chi connectivity index (χ0) is 16.7. The fourth-order valence-corrected chi connectivity index (χ4v) is 2.03. The molecule has 23 heavy (non-hydrogen) atoms. The van der Waals surface area contributed by atoms with Gasteiger partial charge in [0.15, 0.2) is 0 Å². The molecule has 2 N–H and O–H groups in total. The van der Waals surface area contributed by atoms with Gasteiger partial charge in [0.1, 0.15) is 5.82 Å². The molecule has 120 valence electrons. The van der Waals surface area contributed by atoms with E-state index in [2.05, 4.69) is 10.6 Å². The lowest BCUT2D eigenvalue weighted by Crippen LogP contribution is -2.37. The van der Waals surface area contributed by atoms with Crippen molar-refractivity contribution in [3.63, 3.8) is 0 Å². The van der Waals surface area contributed by atoms with Gasteiger partial charge in [-0.15, -0.1) is 0 Å². The molecule has 0 radical (unpaired) electrons. The third kappa shape index (κ3) is 5.54. The average Bonchev–Trinajstić information content (AvgIpc) is 2.54. The van der Waals surface area contributed by atoms with E-state index in [1.807, 2.05) is 31.2 Å². The summed E-state index contributed by atoms with van der Waals surface area (Å²) in [7, 11) is 0. The summed E-state index contributed by atoms with van der Waals surface area (Å²) in [6, 6.07) is 13.9. The van der Waals surface area contributed by atoms with Crippen molar-refractivity contribution in [1.29, 1.82) is 0 Å². The monoisotopic (exact) mass is 314 g/mol. The summed E-state index contributed by atoms with van der Waals surface area (Å²) in [4.78, 5) is 23.5. The van der Waals surface area contributed by atoms with Gasteiger partial charge in [-0.25, -0.2) is 4.39 Å². The van der Waals surface area contributed by atoms with Crippen LogP contribution in [0, 0.1) is 12.7 Å². The molecule has 0 bridgehead atoms. The second-order valence-corrected chi connectivity index (χ2v) is 5.31. The largest absolute Gasteiger partial charge is 0.350 e. The number of rotatable bonds is 6. The number of hydrogen-bond donors (Lipinski definition) is 2. The second-order valence-electron chi connectivity index (χ2n) is 5.31. The van der Waals surface area contributed by atoms with Gasteiger partial charge in [-0.05, 0) is 18.6 Å². The summed E-state index contributed by atoms with van der Waals surface area (Å²) in [5.74, 6) is -0.948. The van der Waals surface area contributed by atoms with Crippen molar-refractivity contribution in [3.8, 4) is 0 Å². The molecule has 0 fully saturated rings. The van der Waals surface area contributed by atoms with Gasteiger partial charge >= 0.3 is 0 Å². The number of benzene rings is 2. The first-order valence-electron chi connectivity index (χ1n) is 7.37. The molecule has 0 saturated carbocycles. The van der Waals surface area contributed by atoms with Crippen LogP contribution in [0.1, 0.15) is 16.7 Å². The standard InChI is InChI=1S/C18H19FN2O2/c1-13-6-8-14(9-7-13)10-17(22)21-12-18(23)20-11-15-4-2-3-5-16(15)19/h2-9H,10-12H2,1H3,(H,20,23)(H,21,22). The predicted octanol–water partition coefficient (Wildman–Crippen LogP) is 2.11. The number of aryl methyl sites for hydroxylation is 1. The Morgan fingerprint density at radius 2 is 1.65 bits per heavy atom. The zero-order valence-corrected chi connectivity index (χ0v) is 12.9. The highest BCUT2D eigenvalue weighted by molar-refractivity contribution is 5.85. The van der Waals surface area contributed by atoms with Gasteiger partial charge in [-0.2, -0.15) is 0 Å². The summed E-state index contributed by atoms with van der Waals surface area (Å²) in [6.07, 6.45) is 0.223. The van der Waals surface area contributed by atoms with Crippen LogP contribution in [0.15, 0.2) is 48.5 Å². The highest BCUT2D eigenvalue weighted by atomic mass is 19.1. The van der Waals surface area contributed by atoms with Crippen molar-refractivity contribution in [3.05, 3.63) is 71.0 Å². The molecular weight excluding hydrogens is 295 g/mol. The summed E-state index contributed by atoms with van der Waals surface area (Å²) >= 11 is 0. The van der Waals surface area contributed by atoms with E-state index < -0.39 is 0 Å². The molecule has 0 spiro atoms. The average molecular weight is 314 g/mol. The Hall–Kier alpha value is -2.69. The Kier molecular flexibility index (Phi) is 5.86. The SMILES string of the molecule is Cc1ccc(CC(=O)NCC(=O)NCc2ccccc2F)cc1. The van der Waals surface area contributed by atoms with Gasteiger partial charge in [-0.1, -0.05) is 48.0 Å². The number of amides is 2. The Bertz CT molecular complexity index is 684. The van der Waals surface area contributed by atoms with Crippen molar-refractivity contribution in [2.45, 2.75) is 19.9 Å². The lowest BCUT2D eigenvalue weighted by atomic mass is 10.1. The molecule has 0 aliphatic heterocycles. The third-order valence-corrected chi connectivity index (χ3v) is 3.37. The van der Waals surface area contributed by atoms with Crippen LogP contribution in [0.4, 0.5) is 4.39 Å². The number of halogens is 1. The molecule has 0 aromatic heterocycles. The molecule has 2 rings (SSSR count). The molecule has 2 aromatic rings. The van der Waals surface area contributed by atoms with Gasteiger partial charge in [-0.3, -0.25) is 9.59 Å². The van der Waals surface area contributed by atoms with Crippen LogP contribution in [-0.2, 0) is 22.6 Å². The van der Waals surface area contributed by atoms with E-state index in [0.29, 0.717) is 5.56 Å². The van der Waals surface area contributed by atoms with Crippen LogP contribution >= 0.6 is 0 Å². The maximum Gasteiger partial charge on any atom is 0.239 e. The smallest absolute Gasteiger partial charge is 0.239 e. The van der Waals surface area contributed by atoms with E-state index in [9.17, 15) is 14.0 Å². The predicted molar refractivity (Wildman–Crippen MR) is 86.1 cm³/mol. The topological polar surface area (TPSA) is 58.2 Å². The first-order valence-corrected chi connectivity index (χ1v) is 7.37. The fourth-order valence-electron chi connectivity index (χ4n) is 2.03. The van der Waals surface area contributed by atoms with Crippen molar-refractivity contribution in [1.82, 2.24) is 10.6 Å². The summed E-state index contributed by atoms with van der Waals surface area (Å²) < 4.78 is 13.4. The first-order chi connectivity index (χ1) is 11.0. The van der Waals surface area contributed by atoms with Crippen LogP contribution in [0.3, 0.4) is 0 Å². The molecule has 0 atom stereocenters. The van der Waals surface area contributed by atoms with Crippen molar-refractivity contribution in [2.24, 2.45) is 0 Å². The number of carbonyl (C=O) groups excluding carboxylic acids is 2. The number of carbonyl (C=O) groups is 2. The van der Waals surface area contributed by atoms with Gasteiger partial charge in [0, 0.05) is 12.1 Å². The molecule has 2 aromatic carbocycles. The van der Waals surface area contributed by atoms with Crippen LogP contribution in [0.25, 0.3) is 0 Å². The summed E-state index contributed by atoms with van der Waals surface area (Å²) in [5.41, 5.74) is 2.42. The van der Waals surface area contributed by atoms with E-state index in [0.717, 1.165) is 11.1 Å². The fraction of sp³-hybridized carbons (Fsp3) is 0.222. The van der Waals surface area contributed by atoms with Gasteiger partial charge in [0.25, 0.3) is 0 Å². The van der Waals surface area contributed by atoms with Gasteiger partial charge in [0.05, 0.1) is 13.0 Å². The first kappa shape index (κ1) is 16.7. The molecule has 0 aliphatic carbocycles. The molecule has 4 nitrogen and oxygen atoms in total. The molecule has 0 aliphatic rings. The number of hydrogen-bond acceptors (Lipinski definition) is 2. The lowest BCUT2D eigenvalue weighted by Gasteiger charge is -2.08. The summed E-state index contributed by atoms with van der Waals surface area (Å²) in [5, 5.41) is 5.12. The lowest BCUT2D eigenvalue weighted by molar-refractivity contribution is -0.125. The van der Waals surface area contributed by atoms with Crippen molar-refractivity contribution < 1.29 is 14.0 Å². The Balaban J connectivity index is 1.72. The van der Waals surface area contributed by atoms with Crippen LogP contribution in [0.5, 0.6) is 0 Å². The van der Waals surface area contributed by atoms with E-state index in [-0.39, 0.29) is 37.1 Å². The molecule has 0 unspecified atom stereocenters. The van der Waals surface area contributed by atoms with Crippen LogP contribution in [-0.4, -0.2) is 18.4 Å². The quantitative estimate of drug-likeness (QED) is 0.858. The maximum absolute atomic E-state index is 13.4. The minimum atomic E-state index is -0.365. The maximum atomic E-state index is 13.4. The van der Waals surface area contributed by atoms with Gasteiger partial charge < -0.3 is 10.6 Å². The highest BCUT2D eigenvalue weighted by Gasteiger charge is 2.07. The van der Waals surface area contributed by atoms with E-state index in [1.165, 1.54) is 6.07 Å². The molecular formula is C18H19FN2O2. The minimum Gasteiger partial charge on any atom is -0.350 e. The zero-order valence-electron chi connectivity index (χ0n) is 12.9. The molecule has 5 heteroatoms. The minimum absolute atomic E-state index is 0.0966. The van der Waals surface area contributed by atoms with E-state index in [1.54, 1.807) is 18.2 Å². The Morgan fingerprint density at radius 1 is 0.957 bits per heavy atom. The Morgan fingerprint density at radius 3 is 2.35 bits per heavy atom. The molecule has 0 saturated heterocycles. The molecule has 0 heterocycles. The second kappa shape index (κ2) is 8.08. The van der Waals surface area contributed by atoms with Crippen LogP contribution < -0.4 is 10.6 Å². The van der Waals surface area contributed by atoms with Gasteiger partial charge in [0.2, 0.25) is 11.8 Å². The highest BCUT2D eigenvalue weighted by Crippen LogP contribution is 2.05. The van der Waals surface area contributed by atoms with E-state index in [4.69, 9.17) is 0 Å². The number of nitrogens with one attached hydrogen (secondary N) is 2. The third-order valence-electron chi connectivity index (χ3n) is 3.37. The normalized spacial score (nSPS) is 10.2. The Labute approximate surface area is 134 Å². The van der Waals surface area contributed by atoms with Crippen LogP contribution in [0.2, 0.25) is 0 Å². The van der Waals surface area contributed by atoms with E-state index >= 15 is 0 Å². The molecule has 2 amide bonds. The van der Waals surface area contributed by atoms with Crippen molar-refractivity contribution >= 4 is 11.8 Å².